The molecule has 0 aliphatic rings. The van der Waals surface area contributed by atoms with Crippen LogP contribution < -0.4 is 0 Å². The number of aliphatic hydroxyl groups is 1. The normalized spacial score (nSPS) is 10.4. The molecule has 1 aromatic carbocycles. The fraction of sp³-hybridized carbons (Fsp3) is 0.111. The van der Waals surface area contributed by atoms with Crippen LogP contribution in [0.2, 0.25) is 0 Å². The average molecular weight is 271 g/mol. The summed E-state index contributed by atoms with van der Waals surface area (Å²) < 4.78 is 0.766. The van der Waals surface area contributed by atoms with Crippen LogP contribution >= 0.6 is 27.3 Å². The zero-order chi connectivity index (χ0) is 9.97. The highest BCUT2D eigenvalue weighted by Crippen LogP contribution is 2.26. The topological polar surface area (TPSA) is 46.0 Å². The third-order valence-electron chi connectivity index (χ3n) is 1.76. The van der Waals surface area contributed by atoms with Crippen molar-refractivity contribution in [1.29, 1.82) is 0 Å². The van der Waals surface area contributed by atoms with Gasteiger partial charge in [-0.1, -0.05) is 29.5 Å². The highest BCUT2D eigenvalue weighted by Gasteiger charge is 2.04. The summed E-state index contributed by atoms with van der Waals surface area (Å²) >= 11 is 4.73. The first-order valence-corrected chi connectivity index (χ1v) is 5.60. The fourth-order valence-corrected chi connectivity index (χ4v) is 2.23. The number of nitrogens with zero attached hydrogens (tertiary/aromatic N) is 2. The fourth-order valence-electron chi connectivity index (χ4n) is 1.12. The van der Waals surface area contributed by atoms with Crippen molar-refractivity contribution in [3.05, 3.63) is 33.7 Å². The quantitative estimate of drug-likeness (QED) is 0.912. The lowest BCUT2D eigenvalue weighted by Crippen LogP contribution is -1.83. The minimum Gasteiger partial charge on any atom is -0.392 e. The molecule has 0 atom stereocenters. The molecule has 0 bridgehead atoms. The average Bonchev–Trinajstić information content (AvgIpc) is 2.65. The van der Waals surface area contributed by atoms with E-state index in [2.05, 4.69) is 26.1 Å². The van der Waals surface area contributed by atoms with Crippen molar-refractivity contribution in [2.75, 3.05) is 0 Å². The third-order valence-corrected chi connectivity index (χ3v) is 3.16. The van der Waals surface area contributed by atoms with Crippen molar-refractivity contribution < 1.29 is 5.11 Å². The summed E-state index contributed by atoms with van der Waals surface area (Å²) in [6.07, 6.45) is 0. The van der Waals surface area contributed by atoms with Crippen LogP contribution in [-0.2, 0) is 6.61 Å². The maximum absolute atomic E-state index is 8.97. The van der Waals surface area contributed by atoms with E-state index in [-0.39, 0.29) is 6.61 Å². The van der Waals surface area contributed by atoms with Gasteiger partial charge in [0.05, 0.1) is 6.61 Å². The van der Waals surface area contributed by atoms with Crippen LogP contribution in [0.3, 0.4) is 0 Å². The number of hydrogen-bond donors (Lipinski definition) is 1. The summed E-state index contributed by atoms with van der Waals surface area (Å²) in [5.74, 6) is 0. The molecular weight excluding hydrogens is 264 g/mol. The van der Waals surface area contributed by atoms with Gasteiger partial charge in [0, 0.05) is 5.56 Å². The van der Waals surface area contributed by atoms with Crippen LogP contribution in [0, 0.1) is 0 Å². The molecule has 2 rings (SSSR count). The predicted molar refractivity (Wildman–Crippen MR) is 59.0 cm³/mol. The van der Waals surface area contributed by atoms with E-state index < -0.39 is 0 Å². The Morgan fingerprint density at radius 1 is 1.36 bits per heavy atom. The molecule has 0 fully saturated rings. The van der Waals surface area contributed by atoms with Gasteiger partial charge >= 0.3 is 0 Å². The molecule has 0 radical (unpaired) electrons. The molecule has 0 amide bonds. The minimum absolute atomic E-state index is 0.0494. The van der Waals surface area contributed by atoms with Crippen LogP contribution in [0.4, 0.5) is 0 Å². The first-order chi connectivity index (χ1) is 6.79. The molecule has 5 heteroatoms. The molecule has 1 aromatic heterocycles. The highest BCUT2D eigenvalue weighted by atomic mass is 79.9. The zero-order valence-corrected chi connectivity index (χ0v) is 9.55. The SMILES string of the molecule is OCc1cccc(-c2nnc(Br)s2)c1. The van der Waals surface area contributed by atoms with E-state index in [4.69, 9.17) is 5.11 Å². The van der Waals surface area contributed by atoms with Gasteiger partial charge in [0.1, 0.15) is 5.01 Å². The van der Waals surface area contributed by atoms with E-state index >= 15 is 0 Å². The molecule has 0 unspecified atom stereocenters. The van der Waals surface area contributed by atoms with E-state index in [1.807, 2.05) is 24.3 Å². The van der Waals surface area contributed by atoms with E-state index in [1.54, 1.807) is 0 Å². The number of benzene rings is 1. The Kier molecular flexibility index (Phi) is 2.90. The Morgan fingerprint density at radius 3 is 2.86 bits per heavy atom. The van der Waals surface area contributed by atoms with Crippen molar-refractivity contribution in [3.8, 4) is 10.6 Å². The van der Waals surface area contributed by atoms with Crippen molar-refractivity contribution in [1.82, 2.24) is 10.2 Å². The van der Waals surface area contributed by atoms with Gasteiger partial charge in [-0.3, -0.25) is 0 Å². The summed E-state index contributed by atoms with van der Waals surface area (Å²) in [7, 11) is 0. The second-order valence-corrected chi connectivity index (χ2v) is 4.97. The Morgan fingerprint density at radius 2 is 2.21 bits per heavy atom. The van der Waals surface area contributed by atoms with Crippen molar-refractivity contribution >= 4 is 27.3 Å². The van der Waals surface area contributed by atoms with Crippen molar-refractivity contribution in [3.63, 3.8) is 0 Å². The standard InChI is InChI=1S/C9H7BrN2OS/c10-9-12-11-8(14-9)7-3-1-2-6(4-7)5-13/h1-4,13H,5H2. The van der Waals surface area contributed by atoms with E-state index in [0.29, 0.717) is 0 Å². The van der Waals surface area contributed by atoms with Crippen LogP contribution in [0.5, 0.6) is 0 Å². The monoisotopic (exact) mass is 270 g/mol. The number of aromatic nitrogens is 2. The number of hydrogen-bond acceptors (Lipinski definition) is 4. The maximum Gasteiger partial charge on any atom is 0.183 e. The number of aliphatic hydroxyl groups excluding tert-OH is 1. The Balaban J connectivity index is 2.41. The third kappa shape index (κ3) is 2.00. The lowest BCUT2D eigenvalue weighted by molar-refractivity contribution is 0.282. The Hall–Kier alpha value is -0.780. The first-order valence-electron chi connectivity index (χ1n) is 3.99. The number of halogens is 1. The summed E-state index contributed by atoms with van der Waals surface area (Å²) in [4.78, 5) is 0. The van der Waals surface area contributed by atoms with Gasteiger partial charge in [-0.2, -0.15) is 0 Å². The molecule has 0 spiro atoms. The zero-order valence-electron chi connectivity index (χ0n) is 7.14. The van der Waals surface area contributed by atoms with Gasteiger partial charge in [0.2, 0.25) is 0 Å². The number of rotatable bonds is 2. The van der Waals surface area contributed by atoms with Gasteiger partial charge in [0.15, 0.2) is 3.92 Å². The van der Waals surface area contributed by atoms with Gasteiger partial charge in [-0.25, -0.2) is 0 Å². The molecule has 2 aromatic rings. The molecule has 14 heavy (non-hydrogen) atoms. The summed E-state index contributed by atoms with van der Waals surface area (Å²) in [6.45, 7) is 0.0494. The summed E-state index contributed by atoms with van der Waals surface area (Å²) in [5.41, 5.74) is 1.87. The van der Waals surface area contributed by atoms with Gasteiger partial charge in [0.25, 0.3) is 0 Å². The van der Waals surface area contributed by atoms with Crippen molar-refractivity contribution in [2.24, 2.45) is 0 Å². The molecule has 0 saturated carbocycles. The highest BCUT2D eigenvalue weighted by molar-refractivity contribution is 9.11. The molecular formula is C9H7BrN2OS. The smallest absolute Gasteiger partial charge is 0.183 e. The first kappa shape index (κ1) is 9.76. The molecule has 1 N–H and O–H groups in total. The minimum atomic E-state index is 0.0494. The van der Waals surface area contributed by atoms with Crippen molar-refractivity contribution in [2.45, 2.75) is 6.61 Å². The lowest BCUT2D eigenvalue weighted by atomic mass is 10.1. The van der Waals surface area contributed by atoms with E-state index in [9.17, 15) is 0 Å². The second-order valence-electron chi connectivity index (χ2n) is 2.72. The van der Waals surface area contributed by atoms with Crippen LogP contribution in [0.1, 0.15) is 5.56 Å². The van der Waals surface area contributed by atoms with E-state index in [0.717, 1.165) is 20.1 Å². The molecule has 0 saturated heterocycles. The molecule has 72 valence electrons. The van der Waals surface area contributed by atoms with Gasteiger partial charge < -0.3 is 5.11 Å². The summed E-state index contributed by atoms with van der Waals surface area (Å²) in [6, 6.07) is 7.63. The molecule has 0 aliphatic carbocycles. The van der Waals surface area contributed by atoms with Gasteiger partial charge in [-0.15, -0.1) is 10.2 Å². The predicted octanol–water partition coefficient (Wildman–Crippen LogP) is 2.46. The lowest BCUT2D eigenvalue weighted by Gasteiger charge is -1.98. The second kappa shape index (κ2) is 4.16. The largest absolute Gasteiger partial charge is 0.392 e. The maximum atomic E-state index is 8.97. The molecule has 3 nitrogen and oxygen atoms in total. The summed E-state index contributed by atoms with van der Waals surface area (Å²) in [5, 5.41) is 17.7. The Bertz CT molecular complexity index is 444. The van der Waals surface area contributed by atoms with E-state index in [1.165, 1.54) is 11.3 Å². The van der Waals surface area contributed by atoms with Crippen LogP contribution in [-0.4, -0.2) is 15.3 Å². The Labute approximate surface area is 93.6 Å². The molecule has 1 heterocycles. The van der Waals surface area contributed by atoms with Crippen LogP contribution in [0.25, 0.3) is 10.6 Å². The van der Waals surface area contributed by atoms with Crippen LogP contribution in [0.15, 0.2) is 28.2 Å². The van der Waals surface area contributed by atoms with Gasteiger partial charge in [-0.05, 0) is 27.6 Å². The molecule has 0 aliphatic heterocycles.